The maximum absolute atomic E-state index is 12.4. The van der Waals surface area contributed by atoms with Gasteiger partial charge in [0.2, 0.25) is 0 Å². The molecule has 0 aromatic heterocycles. The molecule has 0 aliphatic carbocycles. The van der Waals surface area contributed by atoms with Gasteiger partial charge in [-0.3, -0.25) is 4.79 Å². The number of rotatable bonds is 3. The van der Waals surface area contributed by atoms with Crippen molar-refractivity contribution < 1.29 is 4.79 Å². The maximum atomic E-state index is 12.4. The molecule has 19 heavy (non-hydrogen) atoms. The summed E-state index contributed by atoms with van der Waals surface area (Å²) < 4.78 is 0. The van der Waals surface area contributed by atoms with Gasteiger partial charge in [-0.15, -0.1) is 12.4 Å². The number of amides is 1. The zero-order chi connectivity index (χ0) is 13.1. The predicted molar refractivity (Wildman–Crippen MR) is 81.7 cm³/mol. The van der Waals surface area contributed by atoms with Crippen molar-refractivity contribution in [2.24, 2.45) is 0 Å². The van der Waals surface area contributed by atoms with Gasteiger partial charge in [-0.2, -0.15) is 0 Å². The molecular formula is C13H17Cl3N2O. The largest absolute Gasteiger partial charge is 0.334 e. The van der Waals surface area contributed by atoms with Crippen LogP contribution in [0.5, 0.6) is 0 Å². The number of likely N-dealkylation sites (tertiary alicyclic amines) is 1. The fourth-order valence-corrected chi connectivity index (χ4v) is 2.64. The van der Waals surface area contributed by atoms with Crippen LogP contribution in [0.4, 0.5) is 0 Å². The molecule has 0 bridgehead atoms. The molecule has 0 saturated carbocycles. The van der Waals surface area contributed by atoms with Gasteiger partial charge in [0.1, 0.15) is 0 Å². The molecular weight excluding hydrogens is 307 g/mol. The lowest BCUT2D eigenvalue weighted by atomic mass is 10.1. The number of carbonyl (C=O) groups excluding carboxylic acids is 1. The smallest absolute Gasteiger partial charge is 0.254 e. The summed E-state index contributed by atoms with van der Waals surface area (Å²) >= 11 is 11.8. The van der Waals surface area contributed by atoms with Crippen LogP contribution in [0.2, 0.25) is 10.0 Å². The van der Waals surface area contributed by atoms with Crippen molar-refractivity contribution in [3.8, 4) is 0 Å². The summed E-state index contributed by atoms with van der Waals surface area (Å²) in [6, 6.07) is 5.31. The summed E-state index contributed by atoms with van der Waals surface area (Å²) in [6.07, 6.45) is 2.10. The zero-order valence-corrected chi connectivity index (χ0v) is 13.0. The van der Waals surface area contributed by atoms with Crippen molar-refractivity contribution in [3.63, 3.8) is 0 Å². The van der Waals surface area contributed by atoms with Gasteiger partial charge in [-0.1, -0.05) is 23.2 Å². The lowest BCUT2D eigenvalue weighted by Crippen LogP contribution is -2.40. The highest BCUT2D eigenvalue weighted by atomic mass is 35.5. The lowest BCUT2D eigenvalue weighted by molar-refractivity contribution is 0.0737. The van der Waals surface area contributed by atoms with E-state index in [-0.39, 0.29) is 24.4 Å². The Kier molecular flexibility index (Phi) is 6.40. The molecule has 106 valence electrons. The Morgan fingerprint density at radius 3 is 2.79 bits per heavy atom. The minimum absolute atomic E-state index is 0. The molecule has 1 aromatic carbocycles. The van der Waals surface area contributed by atoms with Crippen molar-refractivity contribution in [2.75, 3.05) is 20.1 Å². The maximum Gasteiger partial charge on any atom is 0.254 e. The van der Waals surface area contributed by atoms with Crippen LogP contribution in [0.15, 0.2) is 18.2 Å². The lowest BCUT2D eigenvalue weighted by Gasteiger charge is -2.24. The van der Waals surface area contributed by atoms with Crippen molar-refractivity contribution in [3.05, 3.63) is 33.8 Å². The van der Waals surface area contributed by atoms with Crippen molar-refractivity contribution in [1.29, 1.82) is 0 Å². The molecule has 1 atom stereocenters. The molecule has 6 heteroatoms. The molecule has 1 fully saturated rings. The zero-order valence-electron chi connectivity index (χ0n) is 10.7. The van der Waals surface area contributed by atoms with E-state index in [0.717, 1.165) is 25.9 Å². The highest BCUT2D eigenvalue weighted by Crippen LogP contribution is 2.25. The average Bonchev–Trinajstić information content (AvgIpc) is 2.80. The molecule has 2 rings (SSSR count). The molecule has 1 amide bonds. The summed E-state index contributed by atoms with van der Waals surface area (Å²) in [6.45, 7) is 1.64. The molecule has 0 radical (unpaired) electrons. The molecule has 1 heterocycles. The second kappa shape index (κ2) is 7.34. The molecule has 1 aromatic rings. The third-order valence-electron chi connectivity index (χ3n) is 3.24. The van der Waals surface area contributed by atoms with Crippen molar-refractivity contribution >= 4 is 41.5 Å². The summed E-state index contributed by atoms with van der Waals surface area (Å²) in [7, 11) is 1.90. The van der Waals surface area contributed by atoms with Gasteiger partial charge >= 0.3 is 0 Å². The minimum atomic E-state index is 0. The van der Waals surface area contributed by atoms with Gasteiger partial charge in [-0.05, 0) is 38.1 Å². The van der Waals surface area contributed by atoms with E-state index in [2.05, 4.69) is 5.32 Å². The Bertz CT molecular complexity index is 454. The van der Waals surface area contributed by atoms with E-state index >= 15 is 0 Å². The Labute approximate surface area is 129 Å². The number of hydrogen-bond acceptors (Lipinski definition) is 2. The Hall–Kier alpha value is -0.480. The van der Waals surface area contributed by atoms with Crippen LogP contribution in [0, 0.1) is 0 Å². The van der Waals surface area contributed by atoms with Crippen LogP contribution in [-0.4, -0.2) is 37.0 Å². The van der Waals surface area contributed by atoms with Crippen LogP contribution in [0.3, 0.4) is 0 Å². The topological polar surface area (TPSA) is 32.3 Å². The summed E-state index contributed by atoms with van der Waals surface area (Å²) in [4.78, 5) is 14.3. The van der Waals surface area contributed by atoms with Crippen LogP contribution in [0.1, 0.15) is 23.2 Å². The Morgan fingerprint density at radius 1 is 1.42 bits per heavy atom. The number of nitrogens with zero attached hydrogens (tertiary/aromatic N) is 1. The number of hydrogen-bond donors (Lipinski definition) is 1. The molecule has 1 N–H and O–H groups in total. The standard InChI is InChI=1S/C13H16Cl2N2O.ClH/c1-16-8-10-3-2-6-17(10)13(18)9-4-5-11(14)12(15)7-9;/h4-5,7,10,16H,2-3,6,8H2,1H3;1H. The fraction of sp³-hybridized carbons (Fsp3) is 0.462. The van der Waals surface area contributed by atoms with Gasteiger partial charge in [0.15, 0.2) is 0 Å². The SMILES string of the molecule is CNCC1CCCN1C(=O)c1ccc(Cl)c(Cl)c1.Cl. The molecule has 1 aliphatic heterocycles. The first-order valence-electron chi connectivity index (χ1n) is 6.04. The second-order valence-electron chi connectivity index (χ2n) is 4.48. The Balaban J connectivity index is 0.00000180. The number of carbonyl (C=O) groups is 1. The van der Waals surface area contributed by atoms with E-state index in [9.17, 15) is 4.79 Å². The number of halogens is 3. The molecule has 3 nitrogen and oxygen atoms in total. The van der Waals surface area contributed by atoms with Crippen molar-refractivity contribution in [2.45, 2.75) is 18.9 Å². The fourth-order valence-electron chi connectivity index (χ4n) is 2.35. The van der Waals surface area contributed by atoms with Crippen LogP contribution >= 0.6 is 35.6 Å². The van der Waals surface area contributed by atoms with Gasteiger partial charge in [0, 0.05) is 24.7 Å². The highest BCUT2D eigenvalue weighted by Gasteiger charge is 2.28. The third-order valence-corrected chi connectivity index (χ3v) is 3.98. The average molecular weight is 324 g/mol. The molecule has 0 spiro atoms. The molecule has 1 aliphatic rings. The van der Waals surface area contributed by atoms with Crippen molar-refractivity contribution in [1.82, 2.24) is 10.2 Å². The highest BCUT2D eigenvalue weighted by molar-refractivity contribution is 6.42. The second-order valence-corrected chi connectivity index (χ2v) is 5.30. The van der Waals surface area contributed by atoms with E-state index < -0.39 is 0 Å². The number of nitrogens with one attached hydrogen (secondary N) is 1. The molecule has 1 unspecified atom stereocenters. The van der Waals surface area contributed by atoms with Gasteiger partial charge < -0.3 is 10.2 Å². The van der Waals surface area contributed by atoms with Gasteiger partial charge in [-0.25, -0.2) is 0 Å². The predicted octanol–water partition coefficient (Wildman–Crippen LogP) is 3.24. The van der Waals surface area contributed by atoms with Crippen LogP contribution < -0.4 is 5.32 Å². The molecule has 1 saturated heterocycles. The quantitative estimate of drug-likeness (QED) is 0.926. The summed E-state index contributed by atoms with van der Waals surface area (Å²) in [5.41, 5.74) is 0.604. The van der Waals surface area contributed by atoms with E-state index in [4.69, 9.17) is 23.2 Å². The van der Waals surface area contributed by atoms with E-state index in [0.29, 0.717) is 15.6 Å². The van der Waals surface area contributed by atoms with Crippen LogP contribution in [0.25, 0.3) is 0 Å². The van der Waals surface area contributed by atoms with E-state index in [1.54, 1.807) is 18.2 Å². The monoisotopic (exact) mass is 322 g/mol. The first-order valence-corrected chi connectivity index (χ1v) is 6.79. The summed E-state index contributed by atoms with van der Waals surface area (Å²) in [5.74, 6) is 0.0336. The number of likely N-dealkylation sites (N-methyl/N-ethyl adjacent to an activating group) is 1. The first-order chi connectivity index (χ1) is 8.63. The summed E-state index contributed by atoms with van der Waals surface area (Å²) in [5, 5.41) is 4.02. The normalized spacial score (nSPS) is 18.3. The van der Waals surface area contributed by atoms with Gasteiger partial charge in [0.05, 0.1) is 10.0 Å². The van der Waals surface area contributed by atoms with E-state index in [1.165, 1.54) is 0 Å². The van der Waals surface area contributed by atoms with E-state index in [1.807, 2.05) is 11.9 Å². The van der Waals surface area contributed by atoms with Gasteiger partial charge in [0.25, 0.3) is 5.91 Å². The third kappa shape index (κ3) is 3.76. The van der Waals surface area contributed by atoms with Crippen LogP contribution in [-0.2, 0) is 0 Å². The Morgan fingerprint density at radius 2 is 2.16 bits per heavy atom. The number of benzene rings is 1. The first kappa shape index (κ1) is 16.6. The minimum Gasteiger partial charge on any atom is -0.334 e.